The second-order valence-corrected chi connectivity index (χ2v) is 9.24. The van der Waals surface area contributed by atoms with Crippen LogP contribution in [0.15, 0.2) is 24.3 Å². The van der Waals surface area contributed by atoms with Crippen LogP contribution in [-0.4, -0.2) is 66.5 Å². The molecule has 174 valence electrons. The number of likely N-dealkylation sites (tertiary alicyclic amines) is 1. The summed E-state index contributed by atoms with van der Waals surface area (Å²) in [6.07, 6.45) is 5.80. The van der Waals surface area contributed by atoms with Crippen molar-refractivity contribution in [3.8, 4) is 5.75 Å². The Morgan fingerprint density at radius 2 is 1.88 bits per heavy atom. The van der Waals surface area contributed by atoms with Gasteiger partial charge in [0.25, 0.3) is 0 Å². The fourth-order valence-electron chi connectivity index (χ4n) is 5.48. The third-order valence-corrected chi connectivity index (χ3v) is 7.32. The predicted octanol–water partition coefficient (Wildman–Crippen LogP) is 3.05. The van der Waals surface area contributed by atoms with Crippen molar-refractivity contribution in [3.63, 3.8) is 0 Å². The average molecular weight is 443 g/mol. The molecule has 0 unspecified atom stereocenters. The van der Waals surface area contributed by atoms with Gasteiger partial charge in [-0.05, 0) is 50.3 Å². The summed E-state index contributed by atoms with van der Waals surface area (Å²) < 4.78 is 11.0. The maximum Gasteiger partial charge on any atom is 0.241 e. The zero-order chi connectivity index (χ0) is 22.7. The van der Waals surface area contributed by atoms with E-state index < -0.39 is 5.41 Å². The van der Waals surface area contributed by atoms with Crippen LogP contribution in [0.3, 0.4) is 0 Å². The summed E-state index contributed by atoms with van der Waals surface area (Å²) in [5.41, 5.74) is -0.453. The fraction of sp³-hybridized carbons (Fsp3) is 0.640. The number of carbonyl (C=O) groups is 3. The lowest BCUT2D eigenvalue weighted by Crippen LogP contribution is -2.46. The maximum absolute atomic E-state index is 13.8. The van der Waals surface area contributed by atoms with Gasteiger partial charge >= 0.3 is 0 Å². The summed E-state index contributed by atoms with van der Waals surface area (Å²) in [5, 5.41) is 0. The number of ether oxygens (including phenoxy) is 2. The van der Waals surface area contributed by atoms with Crippen molar-refractivity contribution in [2.45, 2.75) is 75.9 Å². The monoisotopic (exact) mass is 442 g/mol. The first-order chi connectivity index (χ1) is 15.5. The van der Waals surface area contributed by atoms with Crippen molar-refractivity contribution in [2.75, 3.05) is 26.8 Å². The lowest BCUT2D eigenvalue weighted by molar-refractivity contribution is -0.145. The minimum atomic E-state index is -1.16. The van der Waals surface area contributed by atoms with E-state index in [1.54, 1.807) is 24.1 Å². The third kappa shape index (κ3) is 4.27. The van der Waals surface area contributed by atoms with Crippen LogP contribution in [0.5, 0.6) is 5.75 Å². The van der Waals surface area contributed by atoms with Gasteiger partial charge in [-0.1, -0.05) is 25.0 Å². The zero-order valence-electron chi connectivity index (χ0n) is 19.2. The number of nitrogens with zero attached hydrogens (tertiary/aromatic N) is 2. The Morgan fingerprint density at radius 3 is 2.47 bits per heavy atom. The molecule has 2 aliphatic heterocycles. The van der Waals surface area contributed by atoms with Crippen molar-refractivity contribution >= 4 is 17.7 Å². The number of rotatable bonds is 8. The van der Waals surface area contributed by atoms with Crippen molar-refractivity contribution in [3.05, 3.63) is 29.8 Å². The molecule has 0 bridgehead atoms. The Morgan fingerprint density at radius 1 is 1.16 bits per heavy atom. The first-order valence-electron chi connectivity index (χ1n) is 11.9. The molecule has 1 aromatic rings. The summed E-state index contributed by atoms with van der Waals surface area (Å²) in [5.74, 6) is 0.190. The first kappa shape index (κ1) is 22.8. The van der Waals surface area contributed by atoms with Gasteiger partial charge in [0, 0.05) is 38.6 Å². The van der Waals surface area contributed by atoms with E-state index in [0.717, 1.165) is 45.1 Å². The minimum absolute atomic E-state index is 0.00627. The number of benzene rings is 1. The van der Waals surface area contributed by atoms with E-state index in [9.17, 15) is 14.4 Å². The highest BCUT2D eigenvalue weighted by Crippen LogP contribution is 2.43. The number of carbonyl (C=O) groups excluding carboxylic acids is 3. The molecule has 2 saturated heterocycles. The molecule has 0 N–H and O–H groups in total. The summed E-state index contributed by atoms with van der Waals surface area (Å²) in [7, 11) is 1.59. The normalized spacial score (nSPS) is 26.2. The number of imide groups is 1. The van der Waals surface area contributed by atoms with E-state index >= 15 is 0 Å². The zero-order valence-corrected chi connectivity index (χ0v) is 19.2. The Kier molecular flexibility index (Phi) is 6.84. The predicted molar refractivity (Wildman–Crippen MR) is 119 cm³/mol. The molecule has 3 amide bonds. The highest BCUT2D eigenvalue weighted by atomic mass is 16.5. The van der Waals surface area contributed by atoms with E-state index in [2.05, 4.69) is 0 Å². The van der Waals surface area contributed by atoms with Gasteiger partial charge in [-0.15, -0.1) is 0 Å². The molecule has 1 aliphatic carbocycles. The van der Waals surface area contributed by atoms with Crippen LogP contribution < -0.4 is 4.74 Å². The maximum atomic E-state index is 13.8. The van der Waals surface area contributed by atoms with Crippen molar-refractivity contribution in [1.82, 2.24) is 9.80 Å². The molecule has 3 aliphatic rings. The van der Waals surface area contributed by atoms with Crippen molar-refractivity contribution in [1.29, 1.82) is 0 Å². The number of methoxy groups -OCH3 is 1. The number of hydrogen-bond acceptors (Lipinski definition) is 5. The van der Waals surface area contributed by atoms with Crippen LogP contribution >= 0.6 is 0 Å². The minimum Gasteiger partial charge on any atom is -0.497 e. The fourth-order valence-corrected chi connectivity index (χ4v) is 5.48. The molecule has 0 radical (unpaired) electrons. The van der Waals surface area contributed by atoms with Gasteiger partial charge in [0.15, 0.2) is 0 Å². The topological polar surface area (TPSA) is 76.2 Å². The van der Waals surface area contributed by atoms with Gasteiger partial charge in [0.2, 0.25) is 17.7 Å². The van der Waals surface area contributed by atoms with Crippen LogP contribution in [0.2, 0.25) is 0 Å². The van der Waals surface area contributed by atoms with Crippen LogP contribution in [0.25, 0.3) is 0 Å². The molecular weight excluding hydrogens is 408 g/mol. The Balaban J connectivity index is 1.63. The van der Waals surface area contributed by atoms with E-state index in [1.165, 1.54) is 4.90 Å². The highest BCUT2D eigenvalue weighted by Gasteiger charge is 2.56. The first-order valence-corrected chi connectivity index (χ1v) is 11.9. The quantitative estimate of drug-likeness (QED) is 0.579. The molecule has 3 fully saturated rings. The molecule has 2 heterocycles. The van der Waals surface area contributed by atoms with Crippen LogP contribution in [0.4, 0.5) is 0 Å². The highest BCUT2D eigenvalue weighted by molar-refractivity contribution is 6.11. The van der Waals surface area contributed by atoms with Crippen molar-refractivity contribution in [2.24, 2.45) is 0 Å². The van der Waals surface area contributed by atoms with E-state index in [0.29, 0.717) is 24.4 Å². The number of amides is 3. The third-order valence-electron chi connectivity index (χ3n) is 7.32. The van der Waals surface area contributed by atoms with Crippen LogP contribution in [0.1, 0.15) is 63.9 Å². The second-order valence-electron chi connectivity index (χ2n) is 9.24. The lowest BCUT2D eigenvalue weighted by Gasteiger charge is -2.32. The molecule has 1 saturated carbocycles. The molecule has 0 aromatic heterocycles. The van der Waals surface area contributed by atoms with Gasteiger partial charge in [-0.3, -0.25) is 19.3 Å². The summed E-state index contributed by atoms with van der Waals surface area (Å²) >= 11 is 0. The lowest BCUT2D eigenvalue weighted by atomic mass is 9.75. The van der Waals surface area contributed by atoms with E-state index in [4.69, 9.17) is 9.47 Å². The van der Waals surface area contributed by atoms with Gasteiger partial charge in [0.05, 0.1) is 18.6 Å². The molecule has 1 aromatic carbocycles. The van der Waals surface area contributed by atoms with Gasteiger partial charge in [-0.2, -0.15) is 0 Å². The summed E-state index contributed by atoms with van der Waals surface area (Å²) in [4.78, 5) is 43.7. The molecule has 32 heavy (non-hydrogen) atoms. The van der Waals surface area contributed by atoms with Crippen molar-refractivity contribution < 1.29 is 23.9 Å². The second kappa shape index (κ2) is 9.61. The van der Waals surface area contributed by atoms with Gasteiger partial charge < -0.3 is 14.4 Å². The van der Waals surface area contributed by atoms with E-state index in [1.807, 2.05) is 19.1 Å². The van der Waals surface area contributed by atoms with Gasteiger partial charge in [0.1, 0.15) is 5.75 Å². The number of likely N-dealkylation sites (N-methyl/N-ethyl adjacent to an activating group) is 1. The molecular formula is C25H34N2O5. The molecule has 0 spiro atoms. The largest absolute Gasteiger partial charge is 0.497 e. The average Bonchev–Trinajstić information content (AvgIpc) is 3.55. The smallest absolute Gasteiger partial charge is 0.241 e. The van der Waals surface area contributed by atoms with Crippen LogP contribution in [-0.2, 0) is 24.5 Å². The molecule has 4 rings (SSSR count). The Labute approximate surface area is 190 Å². The summed E-state index contributed by atoms with van der Waals surface area (Å²) in [6.45, 7) is 3.75. The molecule has 2 atom stereocenters. The molecule has 7 heteroatoms. The SMILES string of the molecule is CCN(C[C@H]1CCCO1)C(=O)C[C@@]1(c2ccc(OC)cc2)CC(=O)N(C2CCCC2)C1=O. The number of hydrogen-bond donors (Lipinski definition) is 0. The Bertz CT molecular complexity index is 842. The standard InChI is InChI=1S/C25H34N2O5/c1-3-26(17-21-9-6-14-32-21)22(28)15-25(18-10-12-20(31-2)13-11-18)16-23(29)27(24(25)30)19-7-4-5-8-19/h10-13,19,21H,3-9,14-17H2,1-2H3/t21-,25+/m1/s1. The molecule has 7 nitrogen and oxygen atoms in total. The van der Waals surface area contributed by atoms with E-state index in [-0.39, 0.29) is 42.7 Å². The van der Waals surface area contributed by atoms with Crippen LogP contribution in [0, 0.1) is 0 Å². The summed E-state index contributed by atoms with van der Waals surface area (Å²) in [6, 6.07) is 7.19. The van der Waals surface area contributed by atoms with Gasteiger partial charge in [-0.25, -0.2) is 0 Å². The Hall–Kier alpha value is -2.41.